The second-order valence-corrected chi connectivity index (χ2v) is 12.0. The second-order valence-electron chi connectivity index (χ2n) is 10.7. The number of likely N-dealkylation sites (tertiary alicyclic amines) is 1. The second kappa shape index (κ2) is 9.36. The maximum atomic E-state index is 13.1. The number of hydrogen-bond donors (Lipinski definition) is 4. The lowest BCUT2D eigenvalue weighted by atomic mass is 9.78. The molecule has 1 unspecified atom stereocenters. The summed E-state index contributed by atoms with van der Waals surface area (Å²) in [6, 6.07) is -1.19. The Morgan fingerprint density at radius 1 is 1.38 bits per heavy atom. The quantitative estimate of drug-likeness (QED) is 0.270. The van der Waals surface area contributed by atoms with E-state index in [1.807, 2.05) is 13.8 Å². The standard InChI is InChI=1S/C22H31N9O5S/c1-10-16-15(11(2)26-14(32)6-30-9-25-27-28-30)20(34)31(16)17(21(35)36)18(10)37-12-4-13(24-5-12)19(33)29-7-22(3,23)8-29/h9-13,15-16,24H,4-8,23H2,1-3H3,(H,26,32)(H,35,36)/t10-,11-,12+,13?,15-,16-/m1/s1. The Hall–Kier alpha value is -3.04. The van der Waals surface area contributed by atoms with Gasteiger partial charge in [-0.25, -0.2) is 9.48 Å². The van der Waals surface area contributed by atoms with Gasteiger partial charge in [0.05, 0.1) is 18.0 Å². The molecule has 1 aromatic heterocycles. The number of carbonyl (C=O) groups excluding carboxylic acids is 3. The molecule has 0 aromatic carbocycles. The molecule has 5 rings (SSSR count). The van der Waals surface area contributed by atoms with E-state index in [0.29, 0.717) is 31.0 Å². The zero-order valence-electron chi connectivity index (χ0n) is 20.8. The number of nitrogens with zero attached hydrogens (tertiary/aromatic N) is 6. The summed E-state index contributed by atoms with van der Waals surface area (Å²) in [6.07, 6.45) is 1.89. The van der Waals surface area contributed by atoms with Gasteiger partial charge in [-0.2, -0.15) is 0 Å². The van der Waals surface area contributed by atoms with Crippen LogP contribution in [0.2, 0.25) is 0 Å². The van der Waals surface area contributed by atoms with Gasteiger partial charge >= 0.3 is 5.97 Å². The van der Waals surface area contributed by atoms with Crippen LogP contribution in [0.3, 0.4) is 0 Å². The number of thioether (sulfide) groups is 1. The molecular formula is C22H31N9O5S. The Kier molecular flexibility index (Phi) is 6.48. The molecule has 200 valence electrons. The van der Waals surface area contributed by atoms with Crippen LogP contribution in [0.15, 0.2) is 16.9 Å². The van der Waals surface area contributed by atoms with E-state index in [0.717, 1.165) is 0 Å². The van der Waals surface area contributed by atoms with Crippen LogP contribution in [0.4, 0.5) is 0 Å². The first kappa shape index (κ1) is 25.6. The Morgan fingerprint density at radius 3 is 2.73 bits per heavy atom. The molecule has 0 spiro atoms. The fourth-order valence-electron chi connectivity index (χ4n) is 5.85. The van der Waals surface area contributed by atoms with Gasteiger partial charge in [0, 0.05) is 47.3 Å². The van der Waals surface area contributed by atoms with Gasteiger partial charge in [0.25, 0.3) is 0 Å². The van der Waals surface area contributed by atoms with E-state index in [1.54, 1.807) is 11.8 Å². The summed E-state index contributed by atoms with van der Waals surface area (Å²) in [5, 5.41) is 26.7. The molecule has 0 radical (unpaired) electrons. The third kappa shape index (κ3) is 4.59. The van der Waals surface area contributed by atoms with Crippen LogP contribution >= 0.6 is 11.8 Å². The lowest BCUT2D eigenvalue weighted by molar-refractivity contribution is -0.158. The van der Waals surface area contributed by atoms with Crippen LogP contribution in [0.25, 0.3) is 0 Å². The normalized spacial score (nSPS) is 31.0. The molecular weight excluding hydrogens is 502 g/mol. The van der Waals surface area contributed by atoms with Crippen molar-refractivity contribution in [3.05, 3.63) is 16.9 Å². The van der Waals surface area contributed by atoms with Crippen molar-refractivity contribution in [1.82, 2.24) is 40.6 Å². The number of rotatable bonds is 8. The van der Waals surface area contributed by atoms with E-state index in [1.165, 1.54) is 27.7 Å². The van der Waals surface area contributed by atoms with Gasteiger partial charge in [-0.05, 0) is 30.7 Å². The predicted molar refractivity (Wildman–Crippen MR) is 130 cm³/mol. The third-order valence-electron chi connectivity index (χ3n) is 7.51. The number of carboxylic acid groups (broad SMARTS) is 1. The summed E-state index contributed by atoms with van der Waals surface area (Å²) < 4.78 is 1.28. The molecule has 3 amide bonds. The molecule has 0 saturated carbocycles. The van der Waals surface area contributed by atoms with E-state index in [2.05, 4.69) is 26.2 Å². The van der Waals surface area contributed by atoms with Gasteiger partial charge in [-0.3, -0.25) is 14.4 Å². The minimum Gasteiger partial charge on any atom is -0.477 e. The first-order valence-corrected chi connectivity index (χ1v) is 13.1. The number of amides is 3. The average molecular weight is 534 g/mol. The highest BCUT2D eigenvalue weighted by Gasteiger charge is 2.60. The zero-order valence-corrected chi connectivity index (χ0v) is 21.6. The summed E-state index contributed by atoms with van der Waals surface area (Å²) in [5.74, 6) is -2.57. The third-order valence-corrected chi connectivity index (χ3v) is 9.03. The number of tetrazole rings is 1. The number of nitrogens with two attached hydrogens (primary N) is 1. The molecule has 4 aliphatic rings. The van der Waals surface area contributed by atoms with Crippen molar-refractivity contribution in [3.8, 4) is 0 Å². The molecule has 6 atom stereocenters. The molecule has 0 bridgehead atoms. The molecule has 14 nitrogen and oxygen atoms in total. The smallest absolute Gasteiger partial charge is 0.353 e. The minimum absolute atomic E-state index is 0.00684. The van der Waals surface area contributed by atoms with Crippen molar-refractivity contribution >= 4 is 35.5 Å². The zero-order chi connectivity index (χ0) is 26.6. The number of β-lactam (4-membered cyclic amide) rings is 1. The van der Waals surface area contributed by atoms with Crippen molar-refractivity contribution in [3.63, 3.8) is 0 Å². The fourth-order valence-corrected chi connectivity index (χ4v) is 7.33. The van der Waals surface area contributed by atoms with Crippen molar-refractivity contribution in [1.29, 1.82) is 0 Å². The number of fused-ring (bicyclic) bond motifs is 1. The maximum absolute atomic E-state index is 13.1. The number of carboxylic acids is 1. The number of aliphatic carboxylic acids is 1. The van der Waals surface area contributed by atoms with E-state index >= 15 is 0 Å². The molecule has 4 aliphatic heterocycles. The minimum atomic E-state index is -1.15. The largest absolute Gasteiger partial charge is 0.477 e. The molecule has 3 saturated heterocycles. The summed E-state index contributed by atoms with van der Waals surface area (Å²) in [5.41, 5.74) is 5.69. The Morgan fingerprint density at radius 2 is 2.11 bits per heavy atom. The van der Waals surface area contributed by atoms with Gasteiger partial charge in [0.15, 0.2) is 0 Å². The number of carbonyl (C=O) groups is 4. The molecule has 5 heterocycles. The van der Waals surface area contributed by atoms with E-state index in [9.17, 15) is 24.3 Å². The molecule has 15 heteroatoms. The van der Waals surface area contributed by atoms with Crippen molar-refractivity contribution in [2.24, 2.45) is 17.6 Å². The fraction of sp³-hybridized carbons (Fsp3) is 0.682. The van der Waals surface area contributed by atoms with E-state index in [-0.39, 0.29) is 58.8 Å². The van der Waals surface area contributed by atoms with Crippen LogP contribution in [-0.4, -0.2) is 107 Å². The molecule has 3 fully saturated rings. The van der Waals surface area contributed by atoms with Gasteiger partial charge in [-0.15, -0.1) is 16.9 Å². The highest BCUT2D eigenvalue weighted by atomic mass is 32.2. The van der Waals surface area contributed by atoms with Crippen LogP contribution < -0.4 is 16.4 Å². The molecule has 5 N–H and O–H groups in total. The van der Waals surface area contributed by atoms with Crippen LogP contribution in [-0.2, 0) is 25.7 Å². The Bertz CT molecular complexity index is 1150. The Balaban J connectivity index is 1.23. The topological polar surface area (TPSA) is 189 Å². The first-order valence-electron chi connectivity index (χ1n) is 12.2. The predicted octanol–water partition coefficient (Wildman–Crippen LogP) is -2.03. The van der Waals surface area contributed by atoms with Gasteiger partial charge in [-0.1, -0.05) is 6.92 Å². The summed E-state index contributed by atoms with van der Waals surface area (Å²) >= 11 is 1.43. The first-order chi connectivity index (χ1) is 17.5. The maximum Gasteiger partial charge on any atom is 0.353 e. The summed E-state index contributed by atoms with van der Waals surface area (Å²) in [4.78, 5) is 54.2. The van der Waals surface area contributed by atoms with E-state index < -0.39 is 17.9 Å². The van der Waals surface area contributed by atoms with Crippen molar-refractivity contribution < 1.29 is 24.3 Å². The van der Waals surface area contributed by atoms with Crippen LogP contribution in [0.1, 0.15) is 27.2 Å². The lowest BCUT2D eigenvalue weighted by Gasteiger charge is -2.47. The number of aromatic nitrogens is 4. The highest BCUT2D eigenvalue weighted by Crippen LogP contribution is 2.51. The molecule has 0 aliphatic carbocycles. The SMILES string of the molecule is C[C@@H](NC(=O)Cn1cnnn1)[C@H]1C(=O)N2C(C(=O)O)=C(S[C@@H]3CNC(C(=O)N4CC(C)(N)C4)C3)[C@H](C)[C@H]12. The lowest BCUT2D eigenvalue weighted by Crippen LogP contribution is -2.68. The summed E-state index contributed by atoms with van der Waals surface area (Å²) in [6.45, 7) is 7.10. The Labute approximate surface area is 217 Å². The van der Waals surface area contributed by atoms with Crippen molar-refractivity contribution in [2.75, 3.05) is 19.6 Å². The number of hydrogen-bond acceptors (Lipinski definition) is 10. The average Bonchev–Trinajstić information content (AvgIpc) is 3.52. The van der Waals surface area contributed by atoms with Gasteiger partial charge < -0.3 is 31.3 Å². The van der Waals surface area contributed by atoms with Crippen LogP contribution in [0, 0.1) is 11.8 Å². The molecule has 37 heavy (non-hydrogen) atoms. The van der Waals surface area contributed by atoms with E-state index in [4.69, 9.17) is 5.73 Å². The molecule has 1 aromatic rings. The monoisotopic (exact) mass is 533 g/mol. The van der Waals surface area contributed by atoms with Crippen molar-refractivity contribution in [2.45, 2.75) is 62.7 Å². The van der Waals surface area contributed by atoms with Gasteiger partial charge in [0.2, 0.25) is 17.7 Å². The van der Waals surface area contributed by atoms with Crippen LogP contribution in [0.5, 0.6) is 0 Å². The number of nitrogens with one attached hydrogen (secondary N) is 2. The van der Waals surface area contributed by atoms with Gasteiger partial charge in [0.1, 0.15) is 18.6 Å². The summed E-state index contributed by atoms with van der Waals surface area (Å²) in [7, 11) is 0. The highest BCUT2D eigenvalue weighted by molar-refractivity contribution is 8.03.